The number of rotatable bonds is 5. The van der Waals surface area contributed by atoms with Crippen molar-refractivity contribution in [2.45, 2.75) is 58.5 Å². The van der Waals surface area contributed by atoms with E-state index in [9.17, 15) is 4.79 Å². The standard InChI is InChI=1S/C25H30N2O2S/c1-16(2)20-10-9-17(3)15-22(20)29-18(4)25(28)27-13-11-19(12-14-27)24-26-21-7-5-6-8-23(21)30-24/h5-10,15-16,18-19H,11-14H2,1-4H3/t18-/m1/s1. The Bertz CT molecular complexity index is 1000. The highest BCUT2D eigenvalue weighted by Gasteiger charge is 2.29. The lowest BCUT2D eigenvalue weighted by atomic mass is 9.97. The van der Waals surface area contributed by atoms with Crippen molar-refractivity contribution >= 4 is 27.5 Å². The number of hydrogen-bond donors (Lipinski definition) is 0. The van der Waals surface area contributed by atoms with Crippen LogP contribution in [0.1, 0.15) is 61.6 Å². The predicted molar refractivity (Wildman–Crippen MR) is 124 cm³/mol. The molecule has 1 atom stereocenters. The van der Waals surface area contributed by atoms with E-state index < -0.39 is 6.10 Å². The molecule has 1 fully saturated rings. The van der Waals surface area contributed by atoms with Crippen molar-refractivity contribution < 1.29 is 9.53 Å². The highest BCUT2D eigenvalue weighted by atomic mass is 32.1. The third-order valence-corrected chi connectivity index (χ3v) is 7.11. The van der Waals surface area contributed by atoms with Gasteiger partial charge in [0.15, 0.2) is 6.10 Å². The number of carbonyl (C=O) groups is 1. The van der Waals surface area contributed by atoms with Gasteiger partial charge in [-0.15, -0.1) is 11.3 Å². The molecule has 3 aromatic rings. The van der Waals surface area contributed by atoms with Gasteiger partial charge < -0.3 is 9.64 Å². The molecular weight excluding hydrogens is 392 g/mol. The van der Waals surface area contributed by atoms with Crippen LogP contribution >= 0.6 is 11.3 Å². The molecule has 30 heavy (non-hydrogen) atoms. The van der Waals surface area contributed by atoms with Crippen molar-refractivity contribution in [1.82, 2.24) is 9.88 Å². The topological polar surface area (TPSA) is 42.4 Å². The van der Waals surface area contributed by atoms with E-state index in [0.29, 0.717) is 11.8 Å². The molecule has 4 rings (SSSR count). The first-order chi connectivity index (χ1) is 14.4. The van der Waals surface area contributed by atoms with Crippen LogP contribution in [0.4, 0.5) is 0 Å². The van der Waals surface area contributed by atoms with Gasteiger partial charge in [-0.3, -0.25) is 4.79 Å². The number of aromatic nitrogens is 1. The van der Waals surface area contributed by atoms with E-state index in [-0.39, 0.29) is 5.91 Å². The van der Waals surface area contributed by atoms with E-state index in [1.54, 1.807) is 11.3 Å². The van der Waals surface area contributed by atoms with Gasteiger partial charge in [0.1, 0.15) is 5.75 Å². The van der Waals surface area contributed by atoms with Crippen LogP contribution in [0.15, 0.2) is 42.5 Å². The Kier molecular flexibility index (Phi) is 6.09. The second-order valence-electron chi connectivity index (χ2n) is 8.58. The molecule has 5 heteroatoms. The molecule has 0 spiro atoms. The zero-order chi connectivity index (χ0) is 21.3. The van der Waals surface area contributed by atoms with Crippen LogP contribution in [0, 0.1) is 6.92 Å². The van der Waals surface area contributed by atoms with Crippen molar-refractivity contribution in [2.24, 2.45) is 0 Å². The summed E-state index contributed by atoms with van der Waals surface area (Å²) < 4.78 is 7.40. The van der Waals surface area contributed by atoms with Gasteiger partial charge in [0.05, 0.1) is 15.2 Å². The number of likely N-dealkylation sites (tertiary alicyclic amines) is 1. The zero-order valence-electron chi connectivity index (χ0n) is 18.2. The fraction of sp³-hybridized carbons (Fsp3) is 0.440. The molecule has 2 heterocycles. The maximum Gasteiger partial charge on any atom is 0.263 e. The van der Waals surface area contributed by atoms with Crippen molar-refractivity contribution in [3.8, 4) is 5.75 Å². The average Bonchev–Trinajstić information content (AvgIpc) is 3.17. The number of benzene rings is 2. The molecule has 0 bridgehead atoms. The summed E-state index contributed by atoms with van der Waals surface area (Å²) in [4.78, 5) is 19.8. The normalized spacial score (nSPS) is 16.2. The van der Waals surface area contributed by atoms with Crippen molar-refractivity contribution in [3.63, 3.8) is 0 Å². The smallest absolute Gasteiger partial charge is 0.263 e. The Labute approximate surface area is 182 Å². The van der Waals surface area contributed by atoms with Crippen LogP contribution in [-0.2, 0) is 4.79 Å². The Morgan fingerprint density at radius 1 is 1.13 bits per heavy atom. The van der Waals surface area contributed by atoms with E-state index in [2.05, 4.69) is 51.1 Å². The molecule has 1 aliphatic rings. The molecule has 0 unspecified atom stereocenters. The minimum absolute atomic E-state index is 0.0777. The van der Waals surface area contributed by atoms with Crippen LogP contribution in [0.25, 0.3) is 10.2 Å². The van der Waals surface area contributed by atoms with Crippen LogP contribution in [0.3, 0.4) is 0 Å². The first-order valence-electron chi connectivity index (χ1n) is 10.8. The van der Waals surface area contributed by atoms with Crippen LogP contribution < -0.4 is 4.74 Å². The van der Waals surface area contributed by atoms with Gasteiger partial charge in [-0.1, -0.05) is 38.1 Å². The van der Waals surface area contributed by atoms with Gasteiger partial charge >= 0.3 is 0 Å². The molecule has 1 amide bonds. The SMILES string of the molecule is Cc1ccc(C(C)C)c(O[C@H](C)C(=O)N2CCC(c3nc4ccccc4s3)CC2)c1. The second-order valence-corrected chi connectivity index (χ2v) is 9.64. The Hall–Kier alpha value is -2.40. The van der Waals surface area contributed by atoms with Crippen LogP contribution in [-0.4, -0.2) is 35.0 Å². The number of fused-ring (bicyclic) bond motifs is 1. The minimum Gasteiger partial charge on any atom is -0.481 e. The number of thiazole rings is 1. The number of amides is 1. The van der Waals surface area contributed by atoms with Gasteiger partial charge in [0, 0.05) is 19.0 Å². The van der Waals surface area contributed by atoms with Gasteiger partial charge in [0.25, 0.3) is 5.91 Å². The molecule has 0 radical (unpaired) electrons. The number of piperidine rings is 1. The lowest BCUT2D eigenvalue weighted by Gasteiger charge is -2.33. The molecule has 4 nitrogen and oxygen atoms in total. The molecule has 0 saturated carbocycles. The van der Waals surface area contributed by atoms with Crippen molar-refractivity contribution in [2.75, 3.05) is 13.1 Å². The largest absolute Gasteiger partial charge is 0.481 e. The summed E-state index contributed by atoms with van der Waals surface area (Å²) in [5.74, 6) is 1.70. The first kappa shape index (κ1) is 20.9. The van der Waals surface area contributed by atoms with E-state index >= 15 is 0 Å². The Balaban J connectivity index is 1.39. The lowest BCUT2D eigenvalue weighted by Crippen LogP contribution is -2.44. The number of para-hydroxylation sites is 1. The average molecular weight is 423 g/mol. The maximum absolute atomic E-state index is 13.0. The molecule has 1 aromatic heterocycles. The van der Waals surface area contributed by atoms with Crippen molar-refractivity contribution in [3.05, 3.63) is 58.6 Å². The summed E-state index contributed by atoms with van der Waals surface area (Å²) in [6.07, 6.45) is 1.43. The van der Waals surface area contributed by atoms with E-state index in [1.165, 1.54) is 9.71 Å². The van der Waals surface area contributed by atoms with Gasteiger partial charge in [-0.2, -0.15) is 0 Å². The fourth-order valence-corrected chi connectivity index (χ4v) is 5.27. The van der Waals surface area contributed by atoms with Gasteiger partial charge in [0.2, 0.25) is 0 Å². The van der Waals surface area contributed by atoms with Crippen molar-refractivity contribution in [1.29, 1.82) is 0 Å². The summed E-state index contributed by atoms with van der Waals surface area (Å²) in [7, 11) is 0. The molecule has 158 valence electrons. The van der Waals surface area contributed by atoms with E-state index in [4.69, 9.17) is 9.72 Å². The van der Waals surface area contributed by atoms with Gasteiger partial charge in [-0.05, 0) is 61.9 Å². The van der Waals surface area contributed by atoms with E-state index in [1.807, 2.05) is 24.0 Å². The molecular formula is C25H30N2O2S. The highest BCUT2D eigenvalue weighted by Crippen LogP contribution is 2.34. The predicted octanol–water partition coefficient (Wildman–Crippen LogP) is 5.90. The first-order valence-corrected chi connectivity index (χ1v) is 11.7. The molecule has 0 N–H and O–H groups in total. The highest BCUT2D eigenvalue weighted by molar-refractivity contribution is 7.18. The summed E-state index contributed by atoms with van der Waals surface area (Å²) in [6.45, 7) is 9.74. The zero-order valence-corrected chi connectivity index (χ0v) is 19.0. The van der Waals surface area contributed by atoms with E-state index in [0.717, 1.165) is 48.3 Å². The number of carbonyl (C=O) groups excluding carboxylic acids is 1. The molecule has 0 aliphatic carbocycles. The number of hydrogen-bond acceptors (Lipinski definition) is 4. The molecule has 2 aromatic carbocycles. The second kappa shape index (κ2) is 8.76. The molecule has 1 saturated heterocycles. The quantitative estimate of drug-likeness (QED) is 0.514. The minimum atomic E-state index is -0.483. The summed E-state index contributed by atoms with van der Waals surface area (Å²) >= 11 is 1.79. The number of aryl methyl sites for hydroxylation is 1. The number of ether oxygens (including phenoxy) is 1. The fourth-order valence-electron chi connectivity index (χ4n) is 4.13. The Morgan fingerprint density at radius 3 is 2.57 bits per heavy atom. The third kappa shape index (κ3) is 4.36. The van der Waals surface area contributed by atoms with Gasteiger partial charge in [-0.25, -0.2) is 4.98 Å². The van der Waals surface area contributed by atoms with Crippen LogP contribution in [0.2, 0.25) is 0 Å². The number of nitrogens with zero attached hydrogens (tertiary/aromatic N) is 2. The van der Waals surface area contributed by atoms with Crippen LogP contribution in [0.5, 0.6) is 5.75 Å². The summed E-state index contributed by atoms with van der Waals surface area (Å²) in [5.41, 5.74) is 3.37. The maximum atomic E-state index is 13.0. The third-order valence-electron chi connectivity index (χ3n) is 5.91. The Morgan fingerprint density at radius 2 is 1.87 bits per heavy atom. The monoisotopic (exact) mass is 422 g/mol. The molecule has 1 aliphatic heterocycles. The summed E-state index contributed by atoms with van der Waals surface area (Å²) in [5, 5.41) is 1.20. The lowest BCUT2D eigenvalue weighted by molar-refractivity contribution is -0.139. The summed E-state index contributed by atoms with van der Waals surface area (Å²) in [6, 6.07) is 14.5.